The third-order valence-corrected chi connectivity index (χ3v) is 2.83. The molecule has 0 spiro atoms. The van der Waals surface area contributed by atoms with Crippen molar-refractivity contribution in [3.8, 4) is 0 Å². The van der Waals surface area contributed by atoms with Gasteiger partial charge in [0.1, 0.15) is 0 Å². The molecular formula is C12H18N2. The predicted molar refractivity (Wildman–Crippen MR) is 59.4 cm³/mol. The second-order valence-corrected chi connectivity index (χ2v) is 4.22. The zero-order chi connectivity index (χ0) is 9.97. The third kappa shape index (κ3) is 2.25. The van der Waals surface area contributed by atoms with Gasteiger partial charge in [0, 0.05) is 23.6 Å². The maximum Gasteiger partial charge on any atom is 0.0393 e. The molecule has 1 heterocycles. The number of nitrogens with zero attached hydrogens (tertiary/aromatic N) is 1. The minimum absolute atomic E-state index is 0.719. The van der Waals surface area contributed by atoms with Gasteiger partial charge in [0.15, 0.2) is 0 Å². The summed E-state index contributed by atoms with van der Waals surface area (Å²) in [6.07, 6.45) is 5.88. The number of aryl methyl sites for hydroxylation is 1. The Morgan fingerprint density at radius 2 is 2.43 bits per heavy atom. The van der Waals surface area contributed by atoms with Gasteiger partial charge in [-0.05, 0) is 37.8 Å². The summed E-state index contributed by atoms with van der Waals surface area (Å²) in [5.41, 5.74) is 2.31. The number of rotatable bonds is 4. The van der Waals surface area contributed by atoms with Crippen LogP contribution in [0, 0.1) is 12.8 Å². The Hall–Kier alpha value is -1.05. The quantitative estimate of drug-likeness (QED) is 0.789. The molecule has 0 amide bonds. The van der Waals surface area contributed by atoms with Gasteiger partial charge in [-0.1, -0.05) is 13.3 Å². The molecule has 0 radical (unpaired) electrons. The lowest BCUT2D eigenvalue weighted by molar-refractivity contribution is 0.693. The molecule has 0 bridgehead atoms. The monoisotopic (exact) mass is 190 g/mol. The Kier molecular flexibility index (Phi) is 2.71. The summed E-state index contributed by atoms with van der Waals surface area (Å²) in [7, 11) is 0. The summed E-state index contributed by atoms with van der Waals surface area (Å²) < 4.78 is 0. The molecule has 0 saturated heterocycles. The van der Waals surface area contributed by atoms with Crippen molar-refractivity contribution in [3.63, 3.8) is 0 Å². The first-order chi connectivity index (χ1) is 6.79. The number of aromatic nitrogens is 1. The molecule has 2 unspecified atom stereocenters. The molecule has 1 fully saturated rings. The minimum atomic E-state index is 0.719. The van der Waals surface area contributed by atoms with Gasteiger partial charge in [-0.2, -0.15) is 0 Å². The fraction of sp³-hybridized carbons (Fsp3) is 0.583. The van der Waals surface area contributed by atoms with Gasteiger partial charge in [0.25, 0.3) is 0 Å². The van der Waals surface area contributed by atoms with Crippen molar-refractivity contribution in [3.05, 3.63) is 24.0 Å². The molecule has 1 aliphatic carbocycles. The third-order valence-electron chi connectivity index (χ3n) is 2.83. The number of pyridine rings is 1. The highest BCUT2D eigenvalue weighted by Crippen LogP contribution is 2.37. The van der Waals surface area contributed by atoms with Crippen LogP contribution in [0.4, 0.5) is 5.69 Å². The van der Waals surface area contributed by atoms with E-state index < -0.39 is 0 Å². The first kappa shape index (κ1) is 9.50. The van der Waals surface area contributed by atoms with Crippen molar-refractivity contribution in [1.29, 1.82) is 0 Å². The van der Waals surface area contributed by atoms with E-state index in [1.165, 1.54) is 24.9 Å². The van der Waals surface area contributed by atoms with Crippen LogP contribution in [0.25, 0.3) is 0 Å². The molecule has 2 heteroatoms. The van der Waals surface area contributed by atoms with Crippen molar-refractivity contribution in [2.45, 2.75) is 39.2 Å². The van der Waals surface area contributed by atoms with E-state index in [1.807, 2.05) is 19.2 Å². The first-order valence-electron chi connectivity index (χ1n) is 5.49. The lowest BCUT2D eigenvalue weighted by atomic mass is 10.2. The van der Waals surface area contributed by atoms with Crippen LogP contribution in [0.2, 0.25) is 0 Å². The highest BCUT2D eigenvalue weighted by Gasteiger charge is 2.35. The van der Waals surface area contributed by atoms with Gasteiger partial charge in [0.05, 0.1) is 0 Å². The van der Waals surface area contributed by atoms with E-state index in [-0.39, 0.29) is 0 Å². The van der Waals surface area contributed by atoms with Crippen molar-refractivity contribution >= 4 is 5.69 Å². The molecule has 1 aliphatic rings. The lowest BCUT2D eigenvalue weighted by Gasteiger charge is -2.05. The predicted octanol–water partition coefficient (Wildman–Crippen LogP) is 2.99. The van der Waals surface area contributed by atoms with Crippen LogP contribution in [0.5, 0.6) is 0 Å². The zero-order valence-electron chi connectivity index (χ0n) is 8.96. The second kappa shape index (κ2) is 3.99. The maximum absolute atomic E-state index is 4.18. The number of hydrogen-bond donors (Lipinski definition) is 1. The van der Waals surface area contributed by atoms with E-state index in [0.717, 1.165) is 17.7 Å². The van der Waals surface area contributed by atoms with Gasteiger partial charge in [-0.3, -0.25) is 4.98 Å². The average molecular weight is 190 g/mol. The number of anilines is 1. The molecule has 0 aromatic carbocycles. The van der Waals surface area contributed by atoms with E-state index in [1.54, 1.807) is 0 Å². The van der Waals surface area contributed by atoms with Crippen molar-refractivity contribution in [1.82, 2.24) is 4.98 Å². The van der Waals surface area contributed by atoms with Crippen LogP contribution >= 0.6 is 0 Å². The standard InChI is InChI=1S/C12H18N2/c1-3-4-10-8-12(10)14-11-5-6-13-9(2)7-11/h5-7,10,12H,3-4,8H2,1-2H3,(H,13,14). The van der Waals surface area contributed by atoms with Crippen LogP contribution < -0.4 is 5.32 Å². The summed E-state index contributed by atoms with van der Waals surface area (Å²) in [5.74, 6) is 0.911. The van der Waals surface area contributed by atoms with Gasteiger partial charge in [0.2, 0.25) is 0 Å². The van der Waals surface area contributed by atoms with Crippen LogP contribution in [0.15, 0.2) is 18.3 Å². The highest BCUT2D eigenvalue weighted by atomic mass is 15.0. The minimum Gasteiger partial charge on any atom is -0.382 e. The Morgan fingerprint density at radius 1 is 1.57 bits per heavy atom. The van der Waals surface area contributed by atoms with E-state index in [4.69, 9.17) is 0 Å². The second-order valence-electron chi connectivity index (χ2n) is 4.22. The van der Waals surface area contributed by atoms with Crippen molar-refractivity contribution in [2.75, 3.05) is 5.32 Å². The number of nitrogens with one attached hydrogen (secondary N) is 1. The Balaban J connectivity index is 1.87. The van der Waals surface area contributed by atoms with Gasteiger partial charge < -0.3 is 5.32 Å². The van der Waals surface area contributed by atoms with Gasteiger partial charge in [-0.25, -0.2) is 0 Å². The molecule has 2 rings (SSSR count). The summed E-state index contributed by atoms with van der Waals surface area (Å²) >= 11 is 0. The van der Waals surface area contributed by atoms with Gasteiger partial charge in [-0.15, -0.1) is 0 Å². The Bertz CT molecular complexity index is 309. The Labute approximate surface area is 85.7 Å². The van der Waals surface area contributed by atoms with E-state index in [2.05, 4.69) is 23.3 Å². The molecule has 14 heavy (non-hydrogen) atoms. The van der Waals surface area contributed by atoms with E-state index in [9.17, 15) is 0 Å². The topological polar surface area (TPSA) is 24.9 Å². The largest absolute Gasteiger partial charge is 0.382 e. The molecule has 1 N–H and O–H groups in total. The smallest absolute Gasteiger partial charge is 0.0393 e. The normalized spacial score (nSPS) is 24.7. The molecule has 1 saturated carbocycles. The van der Waals surface area contributed by atoms with Crippen LogP contribution in [0.3, 0.4) is 0 Å². The fourth-order valence-corrected chi connectivity index (χ4v) is 1.96. The Morgan fingerprint density at radius 3 is 3.14 bits per heavy atom. The zero-order valence-corrected chi connectivity index (χ0v) is 8.96. The summed E-state index contributed by atoms with van der Waals surface area (Å²) in [6.45, 7) is 4.29. The average Bonchev–Trinajstić information content (AvgIpc) is 2.84. The first-order valence-corrected chi connectivity index (χ1v) is 5.49. The molecule has 76 valence electrons. The number of hydrogen-bond acceptors (Lipinski definition) is 2. The SMILES string of the molecule is CCCC1CC1Nc1ccnc(C)c1. The van der Waals surface area contributed by atoms with Crippen LogP contribution in [-0.2, 0) is 0 Å². The molecule has 0 aliphatic heterocycles. The van der Waals surface area contributed by atoms with Crippen molar-refractivity contribution in [2.24, 2.45) is 5.92 Å². The van der Waals surface area contributed by atoms with Crippen LogP contribution in [0.1, 0.15) is 31.9 Å². The van der Waals surface area contributed by atoms with Crippen LogP contribution in [-0.4, -0.2) is 11.0 Å². The molecule has 2 nitrogen and oxygen atoms in total. The maximum atomic E-state index is 4.18. The molecule has 1 aromatic rings. The van der Waals surface area contributed by atoms with Crippen molar-refractivity contribution < 1.29 is 0 Å². The highest BCUT2D eigenvalue weighted by molar-refractivity contribution is 5.45. The molecule has 2 atom stereocenters. The fourth-order valence-electron chi connectivity index (χ4n) is 1.96. The van der Waals surface area contributed by atoms with Gasteiger partial charge >= 0.3 is 0 Å². The lowest BCUT2D eigenvalue weighted by Crippen LogP contribution is -2.04. The molecule has 1 aromatic heterocycles. The molecular weight excluding hydrogens is 172 g/mol. The van der Waals surface area contributed by atoms with E-state index >= 15 is 0 Å². The van der Waals surface area contributed by atoms with E-state index in [0.29, 0.717) is 0 Å². The summed E-state index contributed by atoms with van der Waals surface area (Å²) in [5, 5.41) is 3.55. The summed E-state index contributed by atoms with van der Waals surface area (Å²) in [4.78, 5) is 4.18. The summed E-state index contributed by atoms with van der Waals surface area (Å²) in [6, 6.07) is 4.88.